The zero-order valence-corrected chi connectivity index (χ0v) is 18.0. The van der Waals surface area contributed by atoms with Crippen molar-refractivity contribution in [2.75, 3.05) is 0 Å². The summed E-state index contributed by atoms with van der Waals surface area (Å²) in [6.07, 6.45) is -4.61. The van der Waals surface area contributed by atoms with Crippen LogP contribution in [0.15, 0.2) is 33.5 Å². The Hall–Kier alpha value is -3.47. The van der Waals surface area contributed by atoms with Crippen LogP contribution in [0.3, 0.4) is 0 Å². The van der Waals surface area contributed by atoms with E-state index in [0.29, 0.717) is 5.56 Å². The van der Waals surface area contributed by atoms with Crippen molar-refractivity contribution in [2.45, 2.75) is 45.4 Å². The standard InChI is InChI=1S/C23H24O10/c1-8-4-12(24)7-15-16(8)19(29)22(33-23-20(30)17(27)9(2)10(3)31-23)21(32-15)11-5-13(25)18(28)14(26)6-11/h4-7,9-10,17,20,23-28,30H,1-3H3. The summed E-state index contributed by atoms with van der Waals surface area (Å²) in [5, 5.41) is 60.5. The van der Waals surface area contributed by atoms with Crippen molar-refractivity contribution in [3.05, 3.63) is 40.1 Å². The number of aryl methyl sites for hydroxylation is 1. The van der Waals surface area contributed by atoms with Crippen LogP contribution in [0.4, 0.5) is 0 Å². The van der Waals surface area contributed by atoms with Crippen LogP contribution in [0, 0.1) is 12.8 Å². The third kappa shape index (κ3) is 3.82. The van der Waals surface area contributed by atoms with Crippen molar-refractivity contribution in [1.29, 1.82) is 0 Å². The van der Waals surface area contributed by atoms with Crippen LogP contribution in [-0.4, -0.2) is 55.2 Å². The fourth-order valence-corrected chi connectivity index (χ4v) is 3.89. The van der Waals surface area contributed by atoms with Crippen LogP contribution < -0.4 is 10.2 Å². The minimum absolute atomic E-state index is 0.000888. The molecule has 10 heteroatoms. The zero-order valence-electron chi connectivity index (χ0n) is 18.0. The summed E-state index contributed by atoms with van der Waals surface area (Å²) in [5.74, 6) is -3.37. The average Bonchev–Trinajstić information content (AvgIpc) is 2.74. The van der Waals surface area contributed by atoms with E-state index in [2.05, 4.69) is 0 Å². The lowest BCUT2D eigenvalue weighted by Gasteiger charge is -2.39. The molecule has 0 amide bonds. The Morgan fingerprint density at radius 3 is 2.21 bits per heavy atom. The zero-order chi connectivity index (χ0) is 24.2. The largest absolute Gasteiger partial charge is 0.508 e. The van der Waals surface area contributed by atoms with E-state index in [4.69, 9.17) is 13.9 Å². The predicted molar refractivity (Wildman–Crippen MR) is 115 cm³/mol. The van der Waals surface area contributed by atoms with Gasteiger partial charge in [0.15, 0.2) is 23.0 Å². The van der Waals surface area contributed by atoms with E-state index in [0.717, 1.165) is 12.1 Å². The molecule has 3 aromatic rings. The second-order valence-corrected chi connectivity index (χ2v) is 8.26. The molecule has 0 spiro atoms. The number of rotatable bonds is 3. The molecule has 6 N–H and O–H groups in total. The molecular weight excluding hydrogens is 436 g/mol. The number of aliphatic hydroxyl groups excluding tert-OH is 2. The normalized spacial score (nSPS) is 25.3. The fourth-order valence-electron chi connectivity index (χ4n) is 3.89. The molecule has 1 aliphatic rings. The highest BCUT2D eigenvalue weighted by Crippen LogP contribution is 2.42. The molecular formula is C23H24O10. The van der Waals surface area contributed by atoms with Crippen LogP contribution in [-0.2, 0) is 4.74 Å². The second kappa shape index (κ2) is 8.14. The Bertz CT molecular complexity index is 1260. The number of hydrogen-bond donors (Lipinski definition) is 6. The van der Waals surface area contributed by atoms with Gasteiger partial charge in [-0.15, -0.1) is 0 Å². The van der Waals surface area contributed by atoms with Gasteiger partial charge < -0.3 is 44.5 Å². The minimum atomic E-state index is -1.48. The van der Waals surface area contributed by atoms with Crippen LogP contribution in [0.25, 0.3) is 22.3 Å². The van der Waals surface area contributed by atoms with Crippen LogP contribution in [0.5, 0.6) is 28.7 Å². The maximum atomic E-state index is 13.5. The molecule has 1 aromatic heterocycles. The van der Waals surface area contributed by atoms with E-state index >= 15 is 0 Å². The molecule has 1 saturated heterocycles. The first-order valence-electron chi connectivity index (χ1n) is 10.2. The molecule has 0 radical (unpaired) electrons. The molecule has 4 rings (SSSR count). The number of benzene rings is 2. The summed E-state index contributed by atoms with van der Waals surface area (Å²) in [5.41, 5.74) is -0.324. The number of ether oxygens (including phenoxy) is 2. The quantitative estimate of drug-likeness (QED) is 0.318. The van der Waals surface area contributed by atoms with Crippen molar-refractivity contribution in [1.82, 2.24) is 0 Å². The van der Waals surface area contributed by atoms with Crippen molar-refractivity contribution < 1.29 is 44.5 Å². The highest BCUT2D eigenvalue weighted by atomic mass is 16.7. The lowest BCUT2D eigenvalue weighted by Crippen LogP contribution is -2.55. The van der Waals surface area contributed by atoms with Gasteiger partial charge in [0, 0.05) is 17.5 Å². The molecule has 0 bridgehead atoms. The van der Waals surface area contributed by atoms with Gasteiger partial charge in [0.25, 0.3) is 0 Å². The summed E-state index contributed by atoms with van der Waals surface area (Å²) < 4.78 is 17.3. The van der Waals surface area contributed by atoms with E-state index in [1.807, 2.05) is 0 Å². The molecule has 5 atom stereocenters. The first-order chi connectivity index (χ1) is 15.5. The van der Waals surface area contributed by atoms with Gasteiger partial charge in [-0.1, -0.05) is 6.92 Å². The monoisotopic (exact) mass is 460 g/mol. The minimum Gasteiger partial charge on any atom is -0.508 e. The Labute approximate surface area is 187 Å². The van der Waals surface area contributed by atoms with Crippen LogP contribution in [0.1, 0.15) is 19.4 Å². The molecule has 176 valence electrons. The topological polar surface area (TPSA) is 170 Å². The van der Waals surface area contributed by atoms with Gasteiger partial charge in [-0.25, -0.2) is 0 Å². The Kier molecular flexibility index (Phi) is 5.61. The van der Waals surface area contributed by atoms with E-state index < -0.39 is 58.9 Å². The molecule has 2 aromatic carbocycles. The van der Waals surface area contributed by atoms with Crippen LogP contribution in [0.2, 0.25) is 0 Å². The number of phenolic OH excluding ortho intramolecular Hbond substituents is 4. The molecule has 2 heterocycles. The van der Waals surface area contributed by atoms with Crippen molar-refractivity contribution in [3.63, 3.8) is 0 Å². The molecule has 33 heavy (non-hydrogen) atoms. The highest BCUT2D eigenvalue weighted by Gasteiger charge is 2.42. The predicted octanol–water partition coefficient (Wildman–Crippen LogP) is 2.07. The molecule has 0 saturated carbocycles. The van der Waals surface area contributed by atoms with Gasteiger partial charge in [-0.3, -0.25) is 4.79 Å². The molecule has 1 fully saturated rings. The van der Waals surface area contributed by atoms with Gasteiger partial charge in [0.2, 0.25) is 17.5 Å². The van der Waals surface area contributed by atoms with Crippen LogP contribution >= 0.6 is 0 Å². The summed E-state index contributed by atoms with van der Waals surface area (Å²) in [4.78, 5) is 13.5. The average molecular weight is 460 g/mol. The van der Waals surface area contributed by atoms with E-state index in [1.165, 1.54) is 12.1 Å². The first-order valence-corrected chi connectivity index (χ1v) is 10.2. The van der Waals surface area contributed by atoms with Gasteiger partial charge in [0.1, 0.15) is 17.4 Å². The number of aromatic hydroxyl groups is 4. The molecule has 1 aliphatic heterocycles. The fraction of sp³-hybridized carbons (Fsp3) is 0.348. The summed E-state index contributed by atoms with van der Waals surface area (Å²) in [7, 11) is 0. The summed E-state index contributed by atoms with van der Waals surface area (Å²) in [6.45, 7) is 4.96. The highest BCUT2D eigenvalue weighted by molar-refractivity contribution is 5.86. The van der Waals surface area contributed by atoms with Crippen molar-refractivity contribution in [2.24, 2.45) is 5.92 Å². The van der Waals surface area contributed by atoms with Crippen molar-refractivity contribution in [3.8, 4) is 40.1 Å². The summed E-state index contributed by atoms with van der Waals surface area (Å²) in [6, 6.07) is 4.66. The summed E-state index contributed by atoms with van der Waals surface area (Å²) >= 11 is 0. The maximum absolute atomic E-state index is 13.5. The second-order valence-electron chi connectivity index (χ2n) is 8.26. The van der Waals surface area contributed by atoms with E-state index in [1.54, 1.807) is 20.8 Å². The Morgan fingerprint density at radius 1 is 0.939 bits per heavy atom. The molecule has 10 nitrogen and oxygen atoms in total. The lowest BCUT2D eigenvalue weighted by molar-refractivity contribution is -0.251. The number of aliphatic hydroxyl groups is 2. The number of phenols is 4. The third-order valence-corrected chi connectivity index (χ3v) is 5.96. The smallest absolute Gasteiger partial charge is 0.235 e. The van der Waals surface area contributed by atoms with Gasteiger partial charge >= 0.3 is 0 Å². The third-order valence-electron chi connectivity index (χ3n) is 5.96. The number of fused-ring (bicyclic) bond motifs is 1. The van der Waals surface area contributed by atoms with Gasteiger partial charge in [0.05, 0.1) is 17.6 Å². The molecule has 5 unspecified atom stereocenters. The van der Waals surface area contributed by atoms with Gasteiger partial charge in [-0.2, -0.15) is 0 Å². The van der Waals surface area contributed by atoms with Gasteiger partial charge in [-0.05, 0) is 37.6 Å². The molecule has 0 aliphatic carbocycles. The first kappa shape index (κ1) is 22.7. The van der Waals surface area contributed by atoms with E-state index in [-0.39, 0.29) is 28.0 Å². The Balaban J connectivity index is 1.95. The van der Waals surface area contributed by atoms with Crippen molar-refractivity contribution >= 4 is 11.0 Å². The maximum Gasteiger partial charge on any atom is 0.235 e. The SMILES string of the molecule is Cc1cc(O)cc2oc(-c3cc(O)c(O)c(O)c3)c(OC3OC(C)C(C)C(O)C3O)c(=O)c12. The Morgan fingerprint density at radius 2 is 1.58 bits per heavy atom. The van der Waals surface area contributed by atoms with E-state index in [9.17, 15) is 35.4 Å². The lowest BCUT2D eigenvalue weighted by atomic mass is 9.92. The number of hydrogen-bond acceptors (Lipinski definition) is 10.